The quantitative estimate of drug-likeness (QED) is 0.641. The lowest BCUT2D eigenvalue weighted by Crippen LogP contribution is -2.31. The Kier molecular flexibility index (Phi) is 5.69. The third-order valence-corrected chi connectivity index (χ3v) is 5.85. The van der Waals surface area contributed by atoms with Crippen LogP contribution in [0.4, 0.5) is 0 Å². The van der Waals surface area contributed by atoms with Crippen molar-refractivity contribution in [2.75, 3.05) is 19.6 Å². The standard InChI is InChI=1S/C23H24ClN3O2/c1-2-26-12-6-9-18(26)14-25-15-21-19-10-3-4-11-20(19)22(28)27(23(21)29)17-8-5-7-16(24)13-17/h3-5,7-8,10-11,13,15,18,29H,2,6,9,12,14H2,1H3. The van der Waals surface area contributed by atoms with Crippen LogP contribution in [0.1, 0.15) is 25.3 Å². The van der Waals surface area contributed by atoms with E-state index in [-0.39, 0.29) is 11.4 Å². The number of hydrogen-bond donors (Lipinski definition) is 1. The van der Waals surface area contributed by atoms with Gasteiger partial charge < -0.3 is 5.11 Å². The molecule has 1 N–H and O–H groups in total. The third kappa shape index (κ3) is 3.80. The Bertz CT molecular complexity index is 1120. The van der Waals surface area contributed by atoms with Crippen LogP contribution in [-0.4, -0.2) is 46.5 Å². The maximum absolute atomic E-state index is 13.1. The van der Waals surface area contributed by atoms with E-state index in [2.05, 4.69) is 16.8 Å². The van der Waals surface area contributed by atoms with Crippen LogP contribution in [0.15, 0.2) is 58.3 Å². The van der Waals surface area contributed by atoms with E-state index in [9.17, 15) is 9.90 Å². The van der Waals surface area contributed by atoms with Gasteiger partial charge in [-0.05, 0) is 50.2 Å². The number of hydrogen-bond acceptors (Lipinski definition) is 4. The summed E-state index contributed by atoms with van der Waals surface area (Å²) in [6, 6.07) is 14.6. The fourth-order valence-corrected chi connectivity index (χ4v) is 4.31. The first-order chi connectivity index (χ1) is 14.1. The molecule has 1 aliphatic rings. The van der Waals surface area contributed by atoms with Crippen LogP contribution >= 0.6 is 11.6 Å². The van der Waals surface area contributed by atoms with Crippen LogP contribution in [0.5, 0.6) is 5.88 Å². The zero-order valence-electron chi connectivity index (χ0n) is 16.4. The molecule has 6 heteroatoms. The smallest absolute Gasteiger partial charge is 0.265 e. The third-order valence-electron chi connectivity index (χ3n) is 5.61. The molecule has 1 atom stereocenters. The zero-order chi connectivity index (χ0) is 20.4. The normalized spacial score (nSPS) is 17.5. The Labute approximate surface area is 174 Å². The summed E-state index contributed by atoms with van der Waals surface area (Å²) in [5.74, 6) is -0.126. The van der Waals surface area contributed by atoms with Crippen molar-refractivity contribution in [1.82, 2.24) is 9.47 Å². The van der Waals surface area contributed by atoms with E-state index >= 15 is 0 Å². The molecule has 0 bridgehead atoms. The molecule has 3 aromatic rings. The fraction of sp³-hybridized carbons (Fsp3) is 0.304. The molecule has 1 aromatic heterocycles. The van der Waals surface area contributed by atoms with Crippen molar-refractivity contribution in [3.8, 4) is 11.6 Å². The van der Waals surface area contributed by atoms with Gasteiger partial charge >= 0.3 is 0 Å². The van der Waals surface area contributed by atoms with E-state index in [1.807, 2.05) is 18.2 Å². The summed E-state index contributed by atoms with van der Waals surface area (Å²) < 4.78 is 1.30. The number of aliphatic imine (C=N–C) groups is 1. The van der Waals surface area contributed by atoms with Crippen molar-refractivity contribution in [2.24, 2.45) is 4.99 Å². The average molecular weight is 410 g/mol. The molecule has 5 nitrogen and oxygen atoms in total. The second kappa shape index (κ2) is 8.39. The molecule has 1 aliphatic heterocycles. The summed E-state index contributed by atoms with van der Waals surface area (Å²) in [5.41, 5.74) is 0.778. The molecule has 0 amide bonds. The van der Waals surface area contributed by atoms with Gasteiger partial charge in [0.25, 0.3) is 5.56 Å². The average Bonchev–Trinajstić information content (AvgIpc) is 3.18. The topological polar surface area (TPSA) is 57.8 Å². The van der Waals surface area contributed by atoms with Crippen molar-refractivity contribution in [3.05, 3.63) is 69.5 Å². The summed E-state index contributed by atoms with van der Waals surface area (Å²) in [6.45, 7) is 4.98. The molecule has 1 fully saturated rings. The summed E-state index contributed by atoms with van der Waals surface area (Å²) in [5, 5.41) is 12.7. The number of aromatic hydroxyl groups is 1. The highest BCUT2D eigenvalue weighted by atomic mass is 35.5. The minimum atomic E-state index is -0.287. The Morgan fingerprint density at radius 1 is 1.21 bits per heavy atom. The molecule has 150 valence electrons. The van der Waals surface area contributed by atoms with Gasteiger partial charge in [-0.1, -0.05) is 42.8 Å². The molecule has 29 heavy (non-hydrogen) atoms. The minimum absolute atomic E-state index is 0.126. The van der Waals surface area contributed by atoms with Gasteiger partial charge in [-0.3, -0.25) is 14.7 Å². The van der Waals surface area contributed by atoms with Crippen molar-refractivity contribution < 1.29 is 5.11 Å². The van der Waals surface area contributed by atoms with E-state index in [0.717, 1.165) is 19.5 Å². The Hall–Kier alpha value is -2.63. The summed E-state index contributed by atoms with van der Waals surface area (Å²) in [6.07, 6.45) is 4.03. The number of benzene rings is 2. The van der Waals surface area contributed by atoms with Crippen LogP contribution in [-0.2, 0) is 0 Å². The van der Waals surface area contributed by atoms with E-state index in [4.69, 9.17) is 11.6 Å². The number of fused-ring (bicyclic) bond motifs is 1. The molecule has 0 saturated carbocycles. The van der Waals surface area contributed by atoms with Gasteiger partial charge in [-0.2, -0.15) is 0 Å². The highest BCUT2D eigenvalue weighted by molar-refractivity contribution is 6.30. The van der Waals surface area contributed by atoms with E-state index < -0.39 is 0 Å². The number of halogens is 1. The van der Waals surface area contributed by atoms with Gasteiger partial charge in [-0.15, -0.1) is 0 Å². The molecule has 4 rings (SSSR count). The Morgan fingerprint density at radius 2 is 2.00 bits per heavy atom. The largest absolute Gasteiger partial charge is 0.494 e. The number of likely N-dealkylation sites (tertiary alicyclic amines) is 1. The van der Waals surface area contributed by atoms with Crippen LogP contribution < -0.4 is 5.56 Å². The van der Waals surface area contributed by atoms with Crippen LogP contribution in [0.3, 0.4) is 0 Å². The second-order valence-electron chi connectivity index (χ2n) is 7.32. The van der Waals surface area contributed by atoms with Gasteiger partial charge in [0.2, 0.25) is 5.88 Å². The predicted molar refractivity (Wildman–Crippen MR) is 119 cm³/mol. The maximum atomic E-state index is 13.1. The number of nitrogens with zero attached hydrogens (tertiary/aromatic N) is 3. The van der Waals surface area contributed by atoms with E-state index in [1.165, 1.54) is 11.0 Å². The highest BCUT2D eigenvalue weighted by Crippen LogP contribution is 2.27. The first-order valence-electron chi connectivity index (χ1n) is 9.96. The van der Waals surface area contributed by atoms with Gasteiger partial charge in [-0.25, -0.2) is 4.57 Å². The number of aromatic nitrogens is 1. The maximum Gasteiger partial charge on any atom is 0.265 e. The lowest BCUT2D eigenvalue weighted by Gasteiger charge is -2.20. The number of rotatable bonds is 5. The van der Waals surface area contributed by atoms with Gasteiger partial charge in [0.05, 0.1) is 17.8 Å². The molecule has 2 aromatic carbocycles. The lowest BCUT2D eigenvalue weighted by molar-refractivity contribution is 0.273. The van der Waals surface area contributed by atoms with E-state index in [0.29, 0.717) is 39.6 Å². The fourth-order valence-electron chi connectivity index (χ4n) is 4.13. The van der Waals surface area contributed by atoms with Gasteiger partial charge in [0.1, 0.15) is 0 Å². The zero-order valence-corrected chi connectivity index (χ0v) is 17.1. The molecule has 1 saturated heterocycles. The van der Waals surface area contributed by atoms with Gasteiger partial charge in [0.15, 0.2) is 0 Å². The highest BCUT2D eigenvalue weighted by Gasteiger charge is 2.22. The van der Waals surface area contributed by atoms with Crippen molar-refractivity contribution in [3.63, 3.8) is 0 Å². The summed E-state index contributed by atoms with van der Waals surface area (Å²) in [4.78, 5) is 20.2. The van der Waals surface area contributed by atoms with Crippen molar-refractivity contribution >= 4 is 28.6 Å². The summed E-state index contributed by atoms with van der Waals surface area (Å²) >= 11 is 6.11. The molecule has 0 aliphatic carbocycles. The van der Waals surface area contributed by atoms with Gasteiger partial charge in [0, 0.05) is 28.1 Å². The molecule has 2 heterocycles. The Balaban J connectivity index is 1.81. The minimum Gasteiger partial charge on any atom is -0.494 e. The second-order valence-corrected chi connectivity index (χ2v) is 7.76. The van der Waals surface area contributed by atoms with Crippen LogP contribution in [0, 0.1) is 0 Å². The predicted octanol–water partition coefficient (Wildman–Crippen LogP) is 4.25. The SMILES string of the molecule is CCN1CCCC1CN=Cc1c(O)n(-c2cccc(Cl)c2)c(=O)c2ccccc12. The molecule has 1 unspecified atom stereocenters. The molecule has 0 radical (unpaired) electrons. The molecular formula is C23H24ClN3O2. The molecule has 0 spiro atoms. The van der Waals surface area contributed by atoms with Crippen molar-refractivity contribution in [1.29, 1.82) is 0 Å². The number of likely N-dealkylation sites (N-methyl/N-ethyl adjacent to an activating group) is 1. The summed E-state index contributed by atoms with van der Waals surface area (Å²) in [7, 11) is 0. The van der Waals surface area contributed by atoms with Crippen LogP contribution in [0.2, 0.25) is 5.02 Å². The van der Waals surface area contributed by atoms with Crippen molar-refractivity contribution in [2.45, 2.75) is 25.8 Å². The first-order valence-corrected chi connectivity index (χ1v) is 10.3. The lowest BCUT2D eigenvalue weighted by atomic mass is 10.1. The number of pyridine rings is 1. The first kappa shape index (κ1) is 19.7. The van der Waals surface area contributed by atoms with Crippen LogP contribution in [0.25, 0.3) is 16.5 Å². The van der Waals surface area contributed by atoms with E-state index in [1.54, 1.807) is 36.5 Å². The Morgan fingerprint density at radius 3 is 2.76 bits per heavy atom. The molecular weight excluding hydrogens is 386 g/mol. The monoisotopic (exact) mass is 409 g/mol.